The maximum Gasteiger partial charge on any atom is 0.227 e. The van der Waals surface area contributed by atoms with Gasteiger partial charge in [0, 0.05) is 23.3 Å². The summed E-state index contributed by atoms with van der Waals surface area (Å²) in [6.07, 6.45) is 3.16. The van der Waals surface area contributed by atoms with Gasteiger partial charge in [0.15, 0.2) is 5.78 Å². The fourth-order valence-corrected chi connectivity index (χ4v) is 4.03. The molecule has 0 radical (unpaired) electrons. The minimum absolute atomic E-state index is 0.0962. The van der Waals surface area contributed by atoms with E-state index in [0.717, 1.165) is 12.1 Å². The minimum atomic E-state index is -0.454. The topological polar surface area (TPSA) is 80.0 Å². The third-order valence-corrected chi connectivity index (χ3v) is 5.26. The van der Waals surface area contributed by atoms with Crippen LogP contribution in [0.1, 0.15) is 38.3 Å². The predicted molar refractivity (Wildman–Crippen MR) is 96.7 cm³/mol. The van der Waals surface area contributed by atoms with Crippen molar-refractivity contribution >= 4 is 23.5 Å². The Morgan fingerprint density at radius 2 is 2.08 bits per heavy atom. The zero-order valence-corrected chi connectivity index (χ0v) is 15.2. The van der Waals surface area contributed by atoms with E-state index >= 15 is 0 Å². The van der Waals surface area contributed by atoms with Crippen LogP contribution in [0.2, 0.25) is 0 Å². The molecule has 1 atom stereocenters. The molecule has 25 heavy (non-hydrogen) atoms. The zero-order chi connectivity index (χ0) is 17.8. The molecular formula is C18H20N4O2S. The van der Waals surface area contributed by atoms with Crippen molar-refractivity contribution < 1.29 is 9.90 Å². The summed E-state index contributed by atoms with van der Waals surface area (Å²) in [4.78, 5) is 17.5. The number of allylic oxidation sites excluding steroid dienone is 2. The SMILES string of the molecule is CSc1nc2n(n1)C(c1ccccc1O)C1=C(CC(C)(C)CC1=O)N2. The van der Waals surface area contributed by atoms with Gasteiger partial charge in [-0.15, -0.1) is 5.10 Å². The fraction of sp³-hybridized carbons (Fsp3) is 0.389. The standard InChI is InChI=1S/C18H20N4O2S/c1-18(2)8-11-14(13(24)9-18)15(10-6-4-5-7-12(10)23)22-16(19-11)20-17(21-22)25-3/h4-7,15,23H,8-9H2,1-3H3,(H,19,20,21). The third kappa shape index (κ3) is 2.63. The molecule has 0 saturated carbocycles. The molecule has 7 heteroatoms. The molecular weight excluding hydrogens is 336 g/mol. The van der Waals surface area contributed by atoms with E-state index < -0.39 is 6.04 Å². The Hall–Kier alpha value is -2.28. The summed E-state index contributed by atoms with van der Waals surface area (Å²) in [6, 6.07) is 6.66. The summed E-state index contributed by atoms with van der Waals surface area (Å²) in [5.41, 5.74) is 2.15. The number of nitrogens with one attached hydrogen (secondary N) is 1. The second kappa shape index (κ2) is 5.62. The predicted octanol–water partition coefficient (Wildman–Crippen LogP) is 3.36. The highest BCUT2D eigenvalue weighted by Gasteiger charge is 2.42. The smallest absolute Gasteiger partial charge is 0.227 e. The number of hydrogen-bond donors (Lipinski definition) is 2. The molecule has 1 aliphatic carbocycles. The zero-order valence-electron chi connectivity index (χ0n) is 14.4. The number of nitrogens with zero attached hydrogens (tertiary/aromatic N) is 3. The van der Waals surface area contributed by atoms with E-state index in [-0.39, 0.29) is 16.9 Å². The maximum absolute atomic E-state index is 13.0. The lowest BCUT2D eigenvalue weighted by Gasteiger charge is -2.38. The number of fused-ring (bicyclic) bond motifs is 1. The Kier molecular flexibility index (Phi) is 3.64. The van der Waals surface area contributed by atoms with Crippen LogP contribution in [-0.2, 0) is 4.79 Å². The first-order valence-corrected chi connectivity index (χ1v) is 9.44. The molecule has 4 rings (SSSR count). The van der Waals surface area contributed by atoms with Crippen molar-refractivity contribution in [2.45, 2.75) is 37.9 Å². The lowest BCUT2D eigenvalue weighted by Crippen LogP contribution is -2.36. The molecule has 2 aromatic rings. The van der Waals surface area contributed by atoms with Crippen LogP contribution in [0.5, 0.6) is 5.75 Å². The summed E-state index contributed by atoms with van der Waals surface area (Å²) in [5.74, 6) is 0.867. The van der Waals surface area contributed by atoms with Gasteiger partial charge in [0.1, 0.15) is 11.8 Å². The van der Waals surface area contributed by atoms with Gasteiger partial charge < -0.3 is 10.4 Å². The number of aromatic nitrogens is 3. The molecule has 2 aliphatic rings. The van der Waals surface area contributed by atoms with E-state index in [1.54, 1.807) is 16.8 Å². The molecule has 2 heterocycles. The molecule has 0 saturated heterocycles. The van der Waals surface area contributed by atoms with Crippen molar-refractivity contribution in [1.82, 2.24) is 14.8 Å². The van der Waals surface area contributed by atoms with Gasteiger partial charge in [-0.05, 0) is 24.2 Å². The van der Waals surface area contributed by atoms with Gasteiger partial charge >= 0.3 is 0 Å². The van der Waals surface area contributed by atoms with Crippen LogP contribution < -0.4 is 5.32 Å². The van der Waals surface area contributed by atoms with E-state index in [1.165, 1.54) is 11.8 Å². The number of aromatic hydroxyl groups is 1. The van der Waals surface area contributed by atoms with Gasteiger partial charge in [-0.2, -0.15) is 4.98 Å². The Morgan fingerprint density at radius 3 is 2.80 bits per heavy atom. The molecule has 1 aliphatic heterocycles. The number of Topliss-reactive ketones (excluding diaryl/α,β-unsaturated/α-hetero) is 1. The van der Waals surface area contributed by atoms with Crippen LogP contribution >= 0.6 is 11.8 Å². The lowest BCUT2D eigenvalue weighted by atomic mass is 9.73. The average Bonchev–Trinajstić information content (AvgIpc) is 2.95. The summed E-state index contributed by atoms with van der Waals surface area (Å²) < 4.78 is 1.72. The van der Waals surface area contributed by atoms with Gasteiger partial charge in [-0.1, -0.05) is 43.8 Å². The first-order valence-electron chi connectivity index (χ1n) is 8.21. The number of phenolic OH excluding ortho intramolecular Hbond substituents is 1. The summed E-state index contributed by atoms with van der Waals surface area (Å²) >= 11 is 1.45. The number of carbonyl (C=O) groups is 1. The molecule has 130 valence electrons. The lowest BCUT2D eigenvalue weighted by molar-refractivity contribution is -0.118. The quantitative estimate of drug-likeness (QED) is 0.803. The maximum atomic E-state index is 13.0. The average molecular weight is 356 g/mol. The van der Waals surface area contributed by atoms with Gasteiger partial charge in [-0.3, -0.25) is 4.79 Å². The second-order valence-corrected chi connectivity index (χ2v) is 8.06. The van der Waals surface area contributed by atoms with E-state index in [4.69, 9.17) is 0 Å². The van der Waals surface area contributed by atoms with Crippen molar-refractivity contribution in [3.8, 4) is 5.75 Å². The number of carbonyl (C=O) groups excluding carboxylic acids is 1. The molecule has 1 unspecified atom stereocenters. The van der Waals surface area contributed by atoms with Crippen molar-refractivity contribution in [2.24, 2.45) is 5.41 Å². The normalized spacial score (nSPS) is 21.6. The Bertz CT molecular complexity index is 900. The van der Waals surface area contributed by atoms with Crippen LogP contribution in [-0.4, -0.2) is 31.9 Å². The summed E-state index contributed by atoms with van der Waals surface area (Å²) in [6.45, 7) is 4.19. The number of para-hydroxylation sites is 1. The number of ketones is 1. The molecule has 1 aromatic carbocycles. The molecule has 6 nitrogen and oxygen atoms in total. The molecule has 0 bridgehead atoms. The second-order valence-electron chi connectivity index (χ2n) is 7.29. The number of phenols is 1. The van der Waals surface area contributed by atoms with Gasteiger partial charge in [-0.25, -0.2) is 4.68 Å². The Labute approximate surface area is 150 Å². The van der Waals surface area contributed by atoms with Crippen LogP contribution in [0, 0.1) is 5.41 Å². The highest BCUT2D eigenvalue weighted by Crippen LogP contribution is 2.46. The van der Waals surface area contributed by atoms with Crippen molar-refractivity contribution in [1.29, 1.82) is 0 Å². The third-order valence-electron chi connectivity index (χ3n) is 4.73. The van der Waals surface area contributed by atoms with E-state index in [2.05, 4.69) is 29.2 Å². The highest BCUT2D eigenvalue weighted by atomic mass is 32.2. The van der Waals surface area contributed by atoms with Crippen molar-refractivity contribution in [2.75, 3.05) is 11.6 Å². The van der Waals surface area contributed by atoms with Crippen LogP contribution in [0.3, 0.4) is 0 Å². The van der Waals surface area contributed by atoms with Crippen molar-refractivity contribution in [3.63, 3.8) is 0 Å². The number of anilines is 1. The van der Waals surface area contributed by atoms with Crippen molar-refractivity contribution in [3.05, 3.63) is 41.1 Å². The number of benzene rings is 1. The van der Waals surface area contributed by atoms with Gasteiger partial charge in [0.25, 0.3) is 0 Å². The van der Waals surface area contributed by atoms with Crippen LogP contribution in [0.15, 0.2) is 40.7 Å². The van der Waals surface area contributed by atoms with E-state index in [0.29, 0.717) is 28.7 Å². The number of thioether (sulfide) groups is 1. The van der Waals surface area contributed by atoms with Crippen LogP contribution in [0.25, 0.3) is 0 Å². The summed E-state index contributed by atoms with van der Waals surface area (Å²) in [7, 11) is 0. The molecule has 1 aromatic heterocycles. The van der Waals surface area contributed by atoms with E-state index in [9.17, 15) is 9.90 Å². The number of hydrogen-bond acceptors (Lipinski definition) is 6. The first kappa shape index (κ1) is 16.2. The summed E-state index contributed by atoms with van der Waals surface area (Å²) in [5, 5.41) is 18.9. The first-order chi connectivity index (χ1) is 11.9. The Morgan fingerprint density at radius 1 is 1.32 bits per heavy atom. The number of rotatable bonds is 2. The fourth-order valence-electron chi connectivity index (χ4n) is 3.68. The van der Waals surface area contributed by atoms with Gasteiger partial charge in [0.05, 0.1) is 0 Å². The minimum Gasteiger partial charge on any atom is -0.508 e. The van der Waals surface area contributed by atoms with E-state index in [1.807, 2.05) is 18.4 Å². The molecule has 0 spiro atoms. The highest BCUT2D eigenvalue weighted by molar-refractivity contribution is 7.98. The molecule has 0 amide bonds. The molecule has 2 N–H and O–H groups in total. The molecule has 0 fully saturated rings. The largest absolute Gasteiger partial charge is 0.508 e. The van der Waals surface area contributed by atoms with Gasteiger partial charge in [0.2, 0.25) is 11.1 Å². The monoisotopic (exact) mass is 356 g/mol. The Balaban J connectivity index is 1.94. The van der Waals surface area contributed by atoms with Crippen LogP contribution in [0.4, 0.5) is 5.95 Å².